The first kappa shape index (κ1) is 26.9. The molecule has 4 rings (SSSR count). The van der Waals surface area contributed by atoms with Gasteiger partial charge in [0.05, 0.1) is 5.25 Å². The molecule has 1 aliphatic heterocycles. The van der Waals surface area contributed by atoms with Crippen molar-refractivity contribution in [2.45, 2.75) is 109 Å². The van der Waals surface area contributed by atoms with Crippen molar-refractivity contribution in [1.29, 1.82) is 0 Å². The van der Waals surface area contributed by atoms with Crippen molar-refractivity contribution in [1.82, 2.24) is 9.21 Å². The van der Waals surface area contributed by atoms with E-state index >= 15 is 0 Å². The van der Waals surface area contributed by atoms with E-state index in [0.717, 1.165) is 74.2 Å². The molecule has 3 aliphatic carbocycles. The maximum atomic E-state index is 13.0. The summed E-state index contributed by atoms with van der Waals surface area (Å²) in [4.78, 5) is 2.62. The van der Waals surface area contributed by atoms with Crippen LogP contribution in [-0.2, 0) is 10.0 Å². The minimum atomic E-state index is -3.13. The predicted molar refractivity (Wildman–Crippen MR) is 143 cm³/mol. The van der Waals surface area contributed by atoms with Gasteiger partial charge in [-0.05, 0) is 119 Å². The molecule has 4 unspecified atom stereocenters. The van der Waals surface area contributed by atoms with Crippen LogP contribution in [0.15, 0.2) is 0 Å². The molecule has 0 N–H and O–H groups in total. The number of likely N-dealkylation sites (tertiary alicyclic amines) is 1. The lowest BCUT2D eigenvalue weighted by molar-refractivity contribution is 0.0239. The second-order valence-electron chi connectivity index (χ2n) is 13.2. The van der Waals surface area contributed by atoms with E-state index in [0.29, 0.717) is 12.5 Å². The van der Waals surface area contributed by atoms with Crippen LogP contribution in [0.1, 0.15) is 104 Å². The second-order valence-corrected chi connectivity index (χ2v) is 15.5. The highest BCUT2D eigenvalue weighted by atomic mass is 32.2. The van der Waals surface area contributed by atoms with Gasteiger partial charge in [-0.2, -0.15) is 0 Å². The average molecular weight is 495 g/mol. The minimum Gasteiger partial charge on any atom is -0.303 e. The van der Waals surface area contributed by atoms with Crippen LogP contribution in [0.2, 0.25) is 0 Å². The molecular weight excluding hydrogens is 440 g/mol. The zero-order valence-electron chi connectivity index (χ0n) is 22.8. The maximum absolute atomic E-state index is 13.0. The number of hydrogen-bond acceptors (Lipinski definition) is 3. The van der Waals surface area contributed by atoms with Gasteiger partial charge in [0, 0.05) is 26.7 Å². The molecule has 0 aromatic heterocycles. The van der Waals surface area contributed by atoms with Crippen molar-refractivity contribution in [3.63, 3.8) is 0 Å². The van der Waals surface area contributed by atoms with E-state index in [1.54, 1.807) is 11.4 Å². The van der Waals surface area contributed by atoms with E-state index in [1.807, 2.05) is 0 Å². The molecule has 4 fully saturated rings. The fraction of sp³-hybridized carbons (Fsp3) is 1.00. The normalized spacial score (nSPS) is 38.7. The Bertz CT molecular complexity index is 716. The van der Waals surface area contributed by atoms with Crippen LogP contribution in [0.5, 0.6) is 0 Å². The SMILES string of the molecule is CC1CC(C)CC(C2CCC(C3CN(CCCCN(C)S(=O)(=O)C4CCCCC4C)C3)CC2)C1. The molecule has 198 valence electrons. The average Bonchev–Trinajstić information content (AvgIpc) is 2.77. The van der Waals surface area contributed by atoms with Gasteiger partial charge in [-0.25, -0.2) is 12.7 Å². The Morgan fingerprint density at radius 1 is 0.735 bits per heavy atom. The van der Waals surface area contributed by atoms with Crippen LogP contribution in [-0.4, -0.2) is 56.1 Å². The molecule has 0 bridgehead atoms. The lowest BCUT2D eigenvalue weighted by Gasteiger charge is -2.47. The van der Waals surface area contributed by atoms with Crippen LogP contribution in [0, 0.1) is 41.4 Å². The largest absolute Gasteiger partial charge is 0.303 e. The molecule has 1 saturated heterocycles. The summed E-state index contributed by atoms with van der Waals surface area (Å²) in [6.07, 6.45) is 16.7. The van der Waals surface area contributed by atoms with Crippen molar-refractivity contribution in [3.8, 4) is 0 Å². The molecule has 3 saturated carbocycles. The van der Waals surface area contributed by atoms with Gasteiger partial charge in [-0.15, -0.1) is 0 Å². The van der Waals surface area contributed by atoms with E-state index in [9.17, 15) is 8.42 Å². The molecule has 4 nitrogen and oxygen atoms in total. The molecule has 1 heterocycles. The zero-order chi connectivity index (χ0) is 24.3. The van der Waals surface area contributed by atoms with Gasteiger partial charge in [0.15, 0.2) is 0 Å². The molecular formula is C29H54N2O2S. The molecule has 0 aromatic carbocycles. The molecule has 0 amide bonds. The van der Waals surface area contributed by atoms with Crippen LogP contribution < -0.4 is 0 Å². The smallest absolute Gasteiger partial charge is 0.216 e. The Balaban J connectivity index is 1.09. The fourth-order valence-corrected chi connectivity index (χ4v) is 10.4. The van der Waals surface area contributed by atoms with Crippen molar-refractivity contribution in [2.75, 3.05) is 33.2 Å². The minimum absolute atomic E-state index is 0.151. The highest BCUT2D eigenvalue weighted by Gasteiger charge is 2.38. The highest BCUT2D eigenvalue weighted by molar-refractivity contribution is 7.89. The Kier molecular flexibility index (Phi) is 9.46. The molecule has 0 radical (unpaired) electrons. The quantitative estimate of drug-likeness (QED) is 0.347. The summed E-state index contributed by atoms with van der Waals surface area (Å²) in [6.45, 7) is 11.5. The van der Waals surface area contributed by atoms with E-state index in [4.69, 9.17) is 0 Å². The molecule has 0 spiro atoms. The Labute approximate surface area is 211 Å². The molecule has 4 aliphatic rings. The lowest BCUT2D eigenvalue weighted by atomic mass is 9.64. The van der Waals surface area contributed by atoms with Crippen molar-refractivity contribution < 1.29 is 8.42 Å². The fourth-order valence-electron chi connectivity index (χ4n) is 8.33. The summed E-state index contributed by atoms with van der Waals surface area (Å²) in [7, 11) is -1.32. The van der Waals surface area contributed by atoms with E-state index in [2.05, 4.69) is 25.7 Å². The maximum Gasteiger partial charge on any atom is 0.216 e. The topological polar surface area (TPSA) is 40.6 Å². The third kappa shape index (κ3) is 6.59. The number of rotatable bonds is 9. The molecule has 5 heteroatoms. The number of nitrogens with zero attached hydrogens (tertiary/aromatic N) is 2. The Morgan fingerprint density at radius 3 is 1.94 bits per heavy atom. The number of sulfonamides is 1. The third-order valence-electron chi connectivity index (χ3n) is 10.4. The van der Waals surface area contributed by atoms with Crippen molar-refractivity contribution in [2.24, 2.45) is 41.4 Å². The first-order valence-corrected chi connectivity index (χ1v) is 16.4. The first-order chi connectivity index (χ1) is 16.2. The Hall–Kier alpha value is -0.130. The standard InChI is InChI=1S/C29H54N2O2S/c1-22-17-23(2)19-27(18-22)25-11-13-26(14-12-25)28-20-31(21-28)16-8-7-15-30(4)34(32,33)29-10-6-5-9-24(29)3/h22-29H,5-21H2,1-4H3. The van der Waals surface area contributed by atoms with E-state index < -0.39 is 10.0 Å². The van der Waals surface area contributed by atoms with Crippen LogP contribution in [0.3, 0.4) is 0 Å². The van der Waals surface area contributed by atoms with Crippen LogP contribution in [0.4, 0.5) is 0 Å². The summed E-state index contributed by atoms with van der Waals surface area (Å²) < 4.78 is 27.6. The molecule has 4 atom stereocenters. The van der Waals surface area contributed by atoms with Gasteiger partial charge in [0.25, 0.3) is 0 Å². The lowest BCUT2D eigenvalue weighted by Crippen LogP contribution is -2.51. The first-order valence-electron chi connectivity index (χ1n) is 14.9. The van der Waals surface area contributed by atoms with Gasteiger partial charge in [-0.1, -0.05) is 33.6 Å². The zero-order valence-corrected chi connectivity index (χ0v) is 23.6. The second kappa shape index (κ2) is 11.9. The summed E-state index contributed by atoms with van der Waals surface area (Å²) in [5.41, 5.74) is 0. The predicted octanol–water partition coefficient (Wildman–Crippen LogP) is 6.42. The monoisotopic (exact) mass is 494 g/mol. The molecule has 0 aromatic rings. The van der Waals surface area contributed by atoms with Crippen molar-refractivity contribution in [3.05, 3.63) is 0 Å². The summed E-state index contributed by atoms with van der Waals surface area (Å²) in [6, 6.07) is 0. The van der Waals surface area contributed by atoms with Gasteiger partial charge < -0.3 is 4.90 Å². The van der Waals surface area contributed by atoms with Gasteiger partial charge in [0.1, 0.15) is 0 Å². The molecule has 34 heavy (non-hydrogen) atoms. The van der Waals surface area contributed by atoms with Crippen LogP contribution >= 0.6 is 0 Å². The van der Waals surface area contributed by atoms with Crippen LogP contribution in [0.25, 0.3) is 0 Å². The summed E-state index contributed by atoms with van der Waals surface area (Å²) in [5, 5.41) is -0.151. The number of unbranched alkanes of at least 4 members (excludes halogenated alkanes) is 1. The third-order valence-corrected chi connectivity index (χ3v) is 12.9. The van der Waals surface area contributed by atoms with Gasteiger partial charge in [0.2, 0.25) is 10.0 Å². The van der Waals surface area contributed by atoms with E-state index in [1.165, 1.54) is 64.5 Å². The van der Waals surface area contributed by atoms with Crippen molar-refractivity contribution >= 4 is 10.0 Å². The summed E-state index contributed by atoms with van der Waals surface area (Å²) >= 11 is 0. The summed E-state index contributed by atoms with van der Waals surface area (Å²) in [5.74, 6) is 6.14. The Morgan fingerprint density at radius 2 is 1.32 bits per heavy atom. The van der Waals surface area contributed by atoms with E-state index in [-0.39, 0.29) is 5.25 Å². The van der Waals surface area contributed by atoms with Gasteiger partial charge >= 0.3 is 0 Å². The highest BCUT2D eigenvalue weighted by Crippen LogP contribution is 2.45. The van der Waals surface area contributed by atoms with Gasteiger partial charge in [-0.3, -0.25) is 0 Å². The number of hydrogen-bond donors (Lipinski definition) is 0.